The van der Waals surface area contributed by atoms with Gasteiger partial charge in [0.2, 0.25) is 5.91 Å². The van der Waals surface area contributed by atoms with Crippen LogP contribution in [0.3, 0.4) is 0 Å². The lowest BCUT2D eigenvalue weighted by molar-refractivity contribution is -0.119. The van der Waals surface area contributed by atoms with Crippen LogP contribution in [-0.4, -0.2) is 37.9 Å². The molecule has 1 amide bonds. The number of hydrogen-bond donors (Lipinski definition) is 1. The average Bonchev–Trinajstić information content (AvgIpc) is 2.63. The smallest absolute Gasteiger partial charge is 0.230 e. The Morgan fingerprint density at radius 3 is 2.50 bits per heavy atom. The van der Waals surface area contributed by atoms with E-state index in [0.717, 1.165) is 35.9 Å². The Bertz CT molecular complexity index is 634. The summed E-state index contributed by atoms with van der Waals surface area (Å²) in [5.74, 6) is 0.511. The Hall–Kier alpha value is -1.60. The molecule has 1 aliphatic carbocycles. The van der Waals surface area contributed by atoms with E-state index in [9.17, 15) is 4.79 Å². The SMILES string of the molecule is O=C(CSc1ccccn1)NC1CCC(Sc2ncccn2)CC1. The van der Waals surface area contributed by atoms with Crippen molar-refractivity contribution in [2.24, 2.45) is 0 Å². The summed E-state index contributed by atoms with van der Waals surface area (Å²) >= 11 is 3.22. The highest BCUT2D eigenvalue weighted by Crippen LogP contribution is 2.31. The Balaban J connectivity index is 1.36. The van der Waals surface area contributed by atoms with Crippen LogP contribution in [0.2, 0.25) is 0 Å². The Kier molecular flexibility index (Phi) is 6.48. The number of pyridine rings is 1. The Labute approximate surface area is 150 Å². The zero-order chi connectivity index (χ0) is 16.6. The largest absolute Gasteiger partial charge is 0.353 e. The van der Waals surface area contributed by atoms with Crippen molar-refractivity contribution in [3.05, 3.63) is 42.9 Å². The van der Waals surface area contributed by atoms with Crippen molar-refractivity contribution < 1.29 is 4.79 Å². The van der Waals surface area contributed by atoms with E-state index in [-0.39, 0.29) is 11.9 Å². The van der Waals surface area contributed by atoms with Crippen LogP contribution in [0.1, 0.15) is 25.7 Å². The number of amides is 1. The maximum absolute atomic E-state index is 12.1. The van der Waals surface area contributed by atoms with Crippen molar-refractivity contribution in [2.75, 3.05) is 5.75 Å². The van der Waals surface area contributed by atoms with Gasteiger partial charge in [-0.25, -0.2) is 15.0 Å². The molecular formula is C17H20N4OS2. The van der Waals surface area contributed by atoms with E-state index < -0.39 is 0 Å². The van der Waals surface area contributed by atoms with Crippen molar-refractivity contribution in [1.29, 1.82) is 0 Å². The van der Waals surface area contributed by atoms with Gasteiger partial charge in [0.1, 0.15) is 0 Å². The normalized spacial score (nSPS) is 20.5. The monoisotopic (exact) mass is 360 g/mol. The number of hydrogen-bond acceptors (Lipinski definition) is 6. The molecule has 0 atom stereocenters. The summed E-state index contributed by atoms with van der Waals surface area (Å²) < 4.78 is 0. The second-order valence-electron chi connectivity index (χ2n) is 5.65. The Morgan fingerprint density at radius 2 is 1.79 bits per heavy atom. The fourth-order valence-electron chi connectivity index (χ4n) is 2.66. The van der Waals surface area contributed by atoms with E-state index in [0.29, 0.717) is 11.0 Å². The van der Waals surface area contributed by atoms with Crippen LogP contribution < -0.4 is 5.32 Å². The van der Waals surface area contributed by atoms with Crippen LogP contribution in [0.15, 0.2) is 53.0 Å². The number of rotatable bonds is 6. The van der Waals surface area contributed by atoms with Gasteiger partial charge in [0.25, 0.3) is 0 Å². The van der Waals surface area contributed by atoms with Crippen LogP contribution >= 0.6 is 23.5 Å². The van der Waals surface area contributed by atoms with Crippen molar-refractivity contribution in [1.82, 2.24) is 20.3 Å². The number of carbonyl (C=O) groups excluding carboxylic acids is 1. The fraction of sp³-hybridized carbons (Fsp3) is 0.412. The molecule has 0 radical (unpaired) electrons. The second-order valence-corrected chi connectivity index (χ2v) is 7.91. The van der Waals surface area contributed by atoms with Crippen molar-refractivity contribution in [3.63, 3.8) is 0 Å². The number of thioether (sulfide) groups is 2. The predicted octanol–water partition coefficient (Wildman–Crippen LogP) is 3.18. The maximum Gasteiger partial charge on any atom is 0.230 e. The predicted molar refractivity (Wildman–Crippen MR) is 97.0 cm³/mol. The lowest BCUT2D eigenvalue weighted by Crippen LogP contribution is -2.39. The molecule has 2 heterocycles. The molecule has 126 valence electrons. The summed E-state index contributed by atoms with van der Waals surface area (Å²) in [5, 5.41) is 5.42. The molecule has 1 fully saturated rings. The molecule has 3 rings (SSSR count). The minimum atomic E-state index is 0.0909. The summed E-state index contributed by atoms with van der Waals surface area (Å²) in [5.41, 5.74) is 0. The van der Waals surface area contributed by atoms with Crippen molar-refractivity contribution in [2.45, 2.75) is 47.2 Å². The molecule has 1 N–H and O–H groups in total. The number of nitrogens with one attached hydrogen (secondary N) is 1. The summed E-state index contributed by atoms with van der Waals surface area (Å²) in [4.78, 5) is 24.8. The number of aromatic nitrogens is 3. The van der Waals surface area contributed by atoms with E-state index in [2.05, 4.69) is 20.3 Å². The maximum atomic E-state index is 12.1. The van der Waals surface area contributed by atoms with Crippen molar-refractivity contribution >= 4 is 29.4 Å². The topological polar surface area (TPSA) is 67.8 Å². The van der Waals surface area contributed by atoms with Crippen LogP contribution in [0.5, 0.6) is 0 Å². The minimum absolute atomic E-state index is 0.0909. The first-order valence-corrected chi connectivity index (χ1v) is 9.93. The highest BCUT2D eigenvalue weighted by atomic mass is 32.2. The van der Waals surface area contributed by atoms with Crippen LogP contribution in [0.25, 0.3) is 0 Å². The molecule has 7 heteroatoms. The summed E-state index contributed by atoms with van der Waals surface area (Å²) in [7, 11) is 0. The average molecular weight is 361 g/mol. The first-order valence-electron chi connectivity index (χ1n) is 8.06. The minimum Gasteiger partial charge on any atom is -0.353 e. The molecule has 0 aromatic carbocycles. The van der Waals surface area contributed by atoms with Gasteiger partial charge in [-0.3, -0.25) is 4.79 Å². The van der Waals surface area contributed by atoms with E-state index in [4.69, 9.17) is 0 Å². The van der Waals surface area contributed by atoms with Gasteiger partial charge >= 0.3 is 0 Å². The molecule has 0 bridgehead atoms. The molecule has 2 aromatic heterocycles. The third-order valence-corrected chi connectivity index (χ3v) is 6.01. The van der Waals surface area contributed by atoms with Crippen LogP contribution in [0, 0.1) is 0 Å². The van der Waals surface area contributed by atoms with E-state index in [1.165, 1.54) is 11.8 Å². The molecule has 5 nitrogen and oxygen atoms in total. The highest BCUT2D eigenvalue weighted by Gasteiger charge is 2.23. The van der Waals surface area contributed by atoms with Crippen LogP contribution in [-0.2, 0) is 4.79 Å². The molecule has 1 aliphatic rings. The van der Waals surface area contributed by atoms with Gasteiger partial charge in [-0.1, -0.05) is 29.6 Å². The molecule has 24 heavy (non-hydrogen) atoms. The molecule has 0 aliphatic heterocycles. The van der Waals surface area contributed by atoms with Gasteiger partial charge in [0.05, 0.1) is 10.8 Å². The lowest BCUT2D eigenvalue weighted by atomic mass is 9.95. The first kappa shape index (κ1) is 17.2. The van der Waals surface area contributed by atoms with Gasteiger partial charge in [0.15, 0.2) is 5.16 Å². The summed E-state index contributed by atoms with van der Waals surface area (Å²) in [6.45, 7) is 0. The number of carbonyl (C=O) groups is 1. The molecule has 0 spiro atoms. The highest BCUT2D eigenvalue weighted by molar-refractivity contribution is 8.00. The van der Waals surface area contributed by atoms with Crippen molar-refractivity contribution in [3.8, 4) is 0 Å². The van der Waals surface area contributed by atoms with Gasteiger partial charge in [0, 0.05) is 29.9 Å². The molecular weight excluding hydrogens is 340 g/mol. The molecule has 1 saturated carbocycles. The summed E-state index contributed by atoms with van der Waals surface area (Å²) in [6, 6.07) is 7.85. The van der Waals surface area contributed by atoms with Gasteiger partial charge in [-0.15, -0.1) is 0 Å². The molecule has 0 unspecified atom stereocenters. The van der Waals surface area contributed by atoms with Gasteiger partial charge in [-0.05, 0) is 43.9 Å². The third-order valence-electron chi connectivity index (χ3n) is 3.84. The zero-order valence-corrected chi connectivity index (χ0v) is 14.9. The molecule has 2 aromatic rings. The fourth-order valence-corrected chi connectivity index (χ4v) is 4.38. The standard InChI is InChI=1S/C17H20N4OS2/c22-15(12-23-16-4-1-2-9-18-16)21-13-5-7-14(8-6-13)24-17-19-10-3-11-20-17/h1-4,9-11,13-14H,5-8,12H2,(H,21,22). The Morgan fingerprint density at radius 1 is 1.04 bits per heavy atom. The third kappa shape index (κ3) is 5.49. The van der Waals surface area contributed by atoms with Gasteiger partial charge in [-0.2, -0.15) is 0 Å². The van der Waals surface area contributed by atoms with E-state index in [1.807, 2.05) is 24.3 Å². The summed E-state index contributed by atoms with van der Waals surface area (Å²) in [6.07, 6.45) is 9.51. The molecule has 0 saturated heterocycles. The second kappa shape index (κ2) is 9.03. The lowest BCUT2D eigenvalue weighted by Gasteiger charge is -2.28. The zero-order valence-electron chi connectivity index (χ0n) is 13.3. The number of nitrogens with zero attached hydrogens (tertiary/aromatic N) is 3. The quantitative estimate of drug-likeness (QED) is 0.630. The van der Waals surface area contributed by atoms with Gasteiger partial charge < -0.3 is 5.32 Å². The van der Waals surface area contributed by atoms with E-state index >= 15 is 0 Å². The van der Waals surface area contributed by atoms with E-state index in [1.54, 1.807) is 30.4 Å². The van der Waals surface area contributed by atoms with Crippen LogP contribution in [0.4, 0.5) is 0 Å². The first-order chi connectivity index (χ1) is 11.8.